The second-order valence-electron chi connectivity index (χ2n) is 6.87. The lowest BCUT2D eigenvalue weighted by molar-refractivity contribution is -0.132. The summed E-state index contributed by atoms with van der Waals surface area (Å²) in [4.78, 5) is 26.4. The van der Waals surface area contributed by atoms with Crippen molar-refractivity contribution in [2.45, 2.75) is 31.1 Å². The minimum Gasteiger partial charge on any atom is -0.495 e. The molecule has 2 N–H and O–H groups in total. The number of likely N-dealkylation sites (tertiary alicyclic amines) is 1. The molecule has 160 valence electrons. The van der Waals surface area contributed by atoms with Crippen LogP contribution in [0.15, 0.2) is 29.2 Å². The first-order valence-electron chi connectivity index (χ1n) is 9.68. The van der Waals surface area contributed by atoms with Crippen LogP contribution in [0.5, 0.6) is 5.75 Å². The van der Waals surface area contributed by atoms with Crippen LogP contribution in [0.25, 0.3) is 6.08 Å². The minimum atomic E-state index is -3.70. The number of ether oxygens (including phenoxy) is 1. The molecule has 2 rings (SSSR count). The van der Waals surface area contributed by atoms with Crippen molar-refractivity contribution in [3.05, 3.63) is 29.8 Å². The van der Waals surface area contributed by atoms with Gasteiger partial charge in [0.15, 0.2) is 0 Å². The lowest BCUT2D eigenvalue weighted by Crippen LogP contribution is -2.45. The Balaban J connectivity index is 2.10. The van der Waals surface area contributed by atoms with Gasteiger partial charge in [-0.15, -0.1) is 0 Å². The maximum Gasteiger partial charge on any atom is 0.246 e. The predicted octanol–water partition coefficient (Wildman–Crippen LogP) is 1.38. The first-order valence-corrected chi connectivity index (χ1v) is 11.2. The summed E-state index contributed by atoms with van der Waals surface area (Å²) in [5.74, 6) is -0.182. The van der Waals surface area contributed by atoms with Crippen LogP contribution in [-0.4, -0.2) is 58.9 Å². The molecule has 1 fully saturated rings. The third-order valence-electron chi connectivity index (χ3n) is 4.82. The topological polar surface area (TPSA) is 105 Å². The summed E-state index contributed by atoms with van der Waals surface area (Å²) in [6.07, 6.45) is 5.39. The maximum absolute atomic E-state index is 12.6. The number of nitrogens with one attached hydrogen (secondary N) is 2. The van der Waals surface area contributed by atoms with Crippen molar-refractivity contribution in [2.75, 3.05) is 33.8 Å². The van der Waals surface area contributed by atoms with Crippen LogP contribution in [0, 0.1) is 5.92 Å². The Morgan fingerprint density at radius 2 is 2.10 bits per heavy atom. The number of piperidine rings is 1. The number of sulfonamides is 1. The summed E-state index contributed by atoms with van der Waals surface area (Å²) in [6, 6.07) is 4.67. The van der Waals surface area contributed by atoms with E-state index < -0.39 is 10.0 Å². The Bertz CT molecular complexity index is 867. The molecule has 1 unspecified atom stereocenters. The highest BCUT2D eigenvalue weighted by atomic mass is 32.2. The van der Waals surface area contributed by atoms with Gasteiger partial charge in [0.1, 0.15) is 10.6 Å². The molecular formula is C20H29N3O5S. The van der Waals surface area contributed by atoms with Crippen LogP contribution in [0.2, 0.25) is 0 Å². The van der Waals surface area contributed by atoms with Crippen LogP contribution < -0.4 is 14.8 Å². The Labute approximate surface area is 172 Å². The maximum atomic E-state index is 12.6. The van der Waals surface area contributed by atoms with Gasteiger partial charge in [0, 0.05) is 25.7 Å². The second-order valence-corrected chi connectivity index (χ2v) is 8.72. The van der Waals surface area contributed by atoms with Crippen molar-refractivity contribution >= 4 is 27.9 Å². The molecule has 0 spiro atoms. The number of benzene rings is 1. The number of rotatable bonds is 8. The van der Waals surface area contributed by atoms with E-state index in [0.29, 0.717) is 25.2 Å². The Hall–Kier alpha value is -2.39. The normalized spacial score (nSPS) is 17.3. The van der Waals surface area contributed by atoms with Gasteiger partial charge in [-0.2, -0.15) is 0 Å². The Kier molecular flexibility index (Phi) is 8.21. The molecule has 0 aromatic heterocycles. The summed E-state index contributed by atoms with van der Waals surface area (Å²) in [5.41, 5.74) is 0.558. The molecule has 2 amide bonds. The van der Waals surface area contributed by atoms with Gasteiger partial charge < -0.3 is 15.0 Å². The molecule has 1 saturated heterocycles. The lowest BCUT2D eigenvalue weighted by atomic mass is 9.97. The van der Waals surface area contributed by atoms with Gasteiger partial charge in [-0.25, -0.2) is 13.1 Å². The Morgan fingerprint density at radius 3 is 2.76 bits per heavy atom. The van der Waals surface area contributed by atoms with Crippen molar-refractivity contribution in [1.29, 1.82) is 0 Å². The highest BCUT2D eigenvalue weighted by Gasteiger charge is 2.27. The van der Waals surface area contributed by atoms with E-state index in [0.717, 1.165) is 19.3 Å². The van der Waals surface area contributed by atoms with E-state index in [1.54, 1.807) is 23.1 Å². The highest BCUT2D eigenvalue weighted by Crippen LogP contribution is 2.25. The van der Waals surface area contributed by atoms with Gasteiger partial charge in [0.2, 0.25) is 21.8 Å². The predicted molar refractivity (Wildman–Crippen MR) is 111 cm³/mol. The number of carbonyl (C=O) groups is 2. The number of carbonyl (C=O) groups excluding carboxylic acids is 2. The highest BCUT2D eigenvalue weighted by molar-refractivity contribution is 7.89. The zero-order valence-corrected chi connectivity index (χ0v) is 17.9. The van der Waals surface area contributed by atoms with E-state index in [1.165, 1.54) is 26.3 Å². The molecule has 0 saturated carbocycles. The van der Waals surface area contributed by atoms with Crippen LogP contribution in [0.1, 0.15) is 31.7 Å². The first-order chi connectivity index (χ1) is 13.8. The standard InChI is InChI=1S/C20H29N3O5S/c1-4-11-22-20(25)16-6-5-12-23(14-16)19(24)10-8-15-7-9-17(28-3)18(13-15)29(26,27)21-2/h7-10,13,16,21H,4-6,11-12,14H2,1-3H3,(H,22,25)/b10-8+. The monoisotopic (exact) mass is 423 g/mol. The summed E-state index contributed by atoms with van der Waals surface area (Å²) in [5, 5.41) is 2.89. The van der Waals surface area contributed by atoms with Crippen molar-refractivity contribution in [1.82, 2.24) is 14.9 Å². The zero-order chi connectivity index (χ0) is 21.4. The molecule has 1 atom stereocenters. The fraction of sp³-hybridized carbons (Fsp3) is 0.500. The van der Waals surface area contributed by atoms with Gasteiger partial charge in [-0.05, 0) is 50.1 Å². The van der Waals surface area contributed by atoms with Crippen LogP contribution >= 0.6 is 0 Å². The number of methoxy groups -OCH3 is 1. The van der Waals surface area contributed by atoms with Crippen LogP contribution in [-0.2, 0) is 19.6 Å². The molecule has 8 nitrogen and oxygen atoms in total. The SMILES string of the molecule is CCCNC(=O)C1CCCN(C(=O)/C=C/c2ccc(OC)c(S(=O)(=O)NC)c2)C1. The Morgan fingerprint density at radius 1 is 1.34 bits per heavy atom. The van der Waals surface area contributed by atoms with E-state index in [1.807, 2.05) is 6.92 Å². The fourth-order valence-electron chi connectivity index (χ4n) is 3.17. The number of nitrogens with zero attached hydrogens (tertiary/aromatic N) is 1. The second kappa shape index (κ2) is 10.4. The van der Waals surface area contributed by atoms with E-state index in [2.05, 4.69) is 10.0 Å². The number of amides is 2. The average molecular weight is 424 g/mol. The zero-order valence-electron chi connectivity index (χ0n) is 17.1. The van der Waals surface area contributed by atoms with Crippen molar-refractivity contribution in [2.24, 2.45) is 5.92 Å². The molecule has 29 heavy (non-hydrogen) atoms. The van der Waals surface area contributed by atoms with E-state index in [-0.39, 0.29) is 28.4 Å². The fourth-order valence-corrected chi connectivity index (χ4v) is 4.10. The van der Waals surface area contributed by atoms with E-state index in [4.69, 9.17) is 4.74 Å². The van der Waals surface area contributed by atoms with Crippen molar-refractivity contribution in [3.8, 4) is 5.75 Å². The van der Waals surface area contributed by atoms with Crippen LogP contribution in [0.3, 0.4) is 0 Å². The minimum absolute atomic E-state index is 0.00253. The molecule has 1 heterocycles. The van der Waals surface area contributed by atoms with Gasteiger partial charge in [0.25, 0.3) is 0 Å². The molecular weight excluding hydrogens is 394 g/mol. The number of hydrogen-bond donors (Lipinski definition) is 2. The first kappa shape index (κ1) is 22.9. The molecule has 0 aliphatic carbocycles. The third kappa shape index (κ3) is 6.04. The third-order valence-corrected chi connectivity index (χ3v) is 6.25. The smallest absolute Gasteiger partial charge is 0.246 e. The van der Waals surface area contributed by atoms with Gasteiger partial charge in [-0.3, -0.25) is 9.59 Å². The van der Waals surface area contributed by atoms with Crippen molar-refractivity contribution in [3.63, 3.8) is 0 Å². The molecule has 1 aromatic carbocycles. The molecule has 1 aliphatic heterocycles. The van der Waals surface area contributed by atoms with Gasteiger partial charge in [0.05, 0.1) is 13.0 Å². The quantitative estimate of drug-likeness (QED) is 0.615. The van der Waals surface area contributed by atoms with E-state index >= 15 is 0 Å². The van der Waals surface area contributed by atoms with Gasteiger partial charge >= 0.3 is 0 Å². The molecule has 0 bridgehead atoms. The van der Waals surface area contributed by atoms with Crippen molar-refractivity contribution < 1.29 is 22.7 Å². The molecule has 1 aliphatic rings. The summed E-state index contributed by atoms with van der Waals surface area (Å²) in [6.45, 7) is 3.62. The summed E-state index contributed by atoms with van der Waals surface area (Å²) >= 11 is 0. The van der Waals surface area contributed by atoms with Gasteiger partial charge in [-0.1, -0.05) is 13.0 Å². The molecule has 1 aromatic rings. The van der Waals surface area contributed by atoms with E-state index in [9.17, 15) is 18.0 Å². The summed E-state index contributed by atoms with van der Waals surface area (Å²) < 4.78 is 31.7. The summed E-state index contributed by atoms with van der Waals surface area (Å²) in [7, 11) is -0.977. The van der Waals surface area contributed by atoms with Crippen LogP contribution in [0.4, 0.5) is 0 Å². The molecule has 0 radical (unpaired) electrons. The average Bonchev–Trinajstić information content (AvgIpc) is 2.75. The number of hydrogen-bond acceptors (Lipinski definition) is 5. The molecule has 9 heteroatoms. The lowest BCUT2D eigenvalue weighted by Gasteiger charge is -2.31. The largest absolute Gasteiger partial charge is 0.495 e.